The number of fused-ring (bicyclic) bond motifs is 1. The first-order chi connectivity index (χ1) is 10.1. The summed E-state index contributed by atoms with van der Waals surface area (Å²) in [7, 11) is 3.70. The third-order valence-corrected chi connectivity index (χ3v) is 3.70. The molecule has 5 nitrogen and oxygen atoms in total. The van der Waals surface area contributed by atoms with Crippen molar-refractivity contribution in [3.63, 3.8) is 0 Å². The molecular formula is C16H18N4O. The van der Waals surface area contributed by atoms with Gasteiger partial charge in [-0.1, -0.05) is 6.07 Å². The van der Waals surface area contributed by atoms with Gasteiger partial charge in [-0.15, -0.1) is 0 Å². The van der Waals surface area contributed by atoms with Gasteiger partial charge in [0.1, 0.15) is 5.69 Å². The predicted octanol–water partition coefficient (Wildman–Crippen LogP) is 2.43. The fraction of sp³-hybridized carbons (Fsp3) is 0.250. The summed E-state index contributed by atoms with van der Waals surface area (Å²) in [5.41, 5.74) is 3.40. The highest BCUT2D eigenvalue weighted by atomic mass is 16.2. The molecule has 3 aromatic heterocycles. The molecule has 0 N–H and O–H groups in total. The van der Waals surface area contributed by atoms with Gasteiger partial charge in [0.05, 0.1) is 16.8 Å². The topological polar surface area (TPSA) is 42.5 Å². The zero-order valence-electron chi connectivity index (χ0n) is 12.4. The highest BCUT2D eigenvalue weighted by Gasteiger charge is 2.19. The molecule has 0 aliphatic carbocycles. The monoisotopic (exact) mass is 282 g/mol. The van der Waals surface area contributed by atoms with Crippen LogP contribution in [0.5, 0.6) is 0 Å². The Morgan fingerprint density at radius 3 is 2.76 bits per heavy atom. The van der Waals surface area contributed by atoms with Crippen LogP contribution in [0.3, 0.4) is 0 Å². The van der Waals surface area contributed by atoms with E-state index in [9.17, 15) is 4.79 Å². The molecule has 3 heterocycles. The molecule has 3 rings (SSSR count). The molecule has 0 saturated heterocycles. The third-order valence-electron chi connectivity index (χ3n) is 3.70. The van der Waals surface area contributed by atoms with E-state index in [0.29, 0.717) is 12.1 Å². The van der Waals surface area contributed by atoms with E-state index < -0.39 is 0 Å². The maximum atomic E-state index is 12.5. The summed E-state index contributed by atoms with van der Waals surface area (Å²) in [6, 6.07) is 9.74. The Bertz CT molecular complexity index is 800. The van der Waals surface area contributed by atoms with Crippen LogP contribution in [0.4, 0.5) is 0 Å². The van der Waals surface area contributed by atoms with Crippen molar-refractivity contribution >= 4 is 11.4 Å². The summed E-state index contributed by atoms with van der Waals surface area (Å²) in [6.45, 7) is 2.65. The van der Waals surface area contributed by atoms with Gasteiger partial charge in [-0.25, -0.2) is 0 Å². The van der Waals surface area contributed by atoms with Crippen molar-refractivity contribution in [2.45, 2.75) is 6.92 Å². The highest BCUT2D eigenvalue weighted by Crippen LogP contribution is 2.25. The van der Waals surface area contributed by atoms with E-state index in [-0.39, 0.29) is 5.91 Å². The average Bonchev–Trinajstić information content (AvgIpc) is 3.09. The van der Waals surface area contributed by atoms with Crippen LogP contribution in [0, 0.1) is 0 Å². The minimum absolute atomic E-state index is 0.0309. The average molecular weight is 282 g/mol. The molecule has 0 radical (unpaired) electrons. The predicted molar refractivity (Wildman–Crippen MR) is 82.2 cm³/mol. The van der Waals surface area contributed by atoms with E-state index in [2.05, 4.69) is 5.10 Å². The lowest BCUT2D eigenvalue weighted by molar-refractivity contribution is 0.0804. The molecule has 0 aliphatic heterocycles. The second-order valence-electron chi connectivity index (χ2n) is 5.09. The number of pyridine rings is 1. The fourth-order valence-electron chi connectivity index (χ4n) is 2.42. The van der Waals surface area contributed by atoms with E-state index in [1.165, 1.54) is 0 Å². The number of nitrogens with zero attached hydrogens (tertiary/aromatic N) is 4. The first-order valence-electron chi connectivity index (χ1n) is 6.97. The lowest BCUT2D eigenvalue weighted by Gasteiger charge is -2.13. The van der Waals surface area contributed by atoms with Crippen LogP contribution in [0.1, 0.15) is 17.3 Å². The van der Waals surface area contributed by atoms with Gasteiger partial charge < -0.3 is 9.30 Å². The number of carbonyl (C=O) groups is 1. The SMILES string of the molecule is CCN(C)C(=O)c1cc(-c2ccn(C)n2)n2ccccc12. The van der Waals surface area contributed by atoms with E-state index >= 15 is 0 Å². The molecule has 108 valence electrons. The van der Waals surface area contributed by atoms with Crippen molar-refractivity contribution in [2.75, 3.05) is 13.6 Å². The lowest BCUT2D eigenvalue weighted by Crippen LogP contribution is -2.25. The Kier molecular flexibility index (Phi) is 3.25. The summed E-state index contributed by atoms with van der Waals surface area (Å²) in [5, 5.41) is 4.44. The summed E-state index contributed by atoms with van der Waals surface area (Å²) in [6.07, 6.45) is 3.86. The van der Waals surface area contributed by atoms with E-state index in [0.717, 1.165) is 16.9 Å². The number of hydrogen-bond acceptors (Lipinski definition) is 2. The molecule has 0 fully saturated rings. The zero-order valence-corrected chi connectivity index (χ0v) is 12.4. The van der Waals surface area contributed by atoms with Crippen LogP contribution >= 0.6 is 0 Å². The smallest absolute Gasteiger partial charge is 0.255 e. The standard InChI is InChI=1S/C16H18N4O/c1-4-18(2)16(21)12-11-15(13-8-10-19(3)17-13)20-9-6-5-7-14(12)20/h5-11H,4H2,1-3H3. The van der Waals surface area contributed by atoms with E-state index in [4.69, 9.17) is 0 Å². The molecule has 5 heteroatoms. The Morgan fingerprint density at radius 1 is 1.29 bits per heavy atom. The summed E-state index contributed by atoms with van der Waals surface area (Å²) in [5.74, 6) is 0.0309. The third kappa shape index (κ3) is 2.20. The first kappa shape index (κ1) is 13.4. The summed E-state index contributed by atoms with van der Waals surface area (Å²) in [4.78, 5) is 14.2. The zero-order chi connectivity index (χ0) is 15.0. The van der Waals surface area contributed by atoms with Crippen LogP contribution in [0.25, 0.3) is 16.9 Å². The number of aromatic nitrogens is 3. The van der Waals surface area contributed by atoms with Crippen molar-refractivity contribution in [2.24, 2.45) is 7.05 Å². The Morgan fingerprint density at radius 2 is 2.10 bits per heavy atom. The van der Waals surface area contributed by atoms with Crippen LogP contribution in [-0.2, 0) is 7.05 Å². The van der Waals surface area contributed by atoms with Gasteiger partial charge in [-0.3, -0.25) is 9.48 Å². The normalized spacial score (nSPS) is 11.0. The van der Waals surface area contributed by atoms with Gasteiger partial charge in [0, 0.05) is 33.0 Å². The minimum atomic E-state index is 0.0309. The van der Waals surface area contributed by atoms with Crippen molar-refractivity contribution < 1.29 is 4.79 Å². The molecule has 0 aliphatic rings. The number of aryl methyl sites for hydroxylation is 1. The van der Waals surface area contributed by atoms with Crippen LogP contribution < -0.4 is 0 Å². The Labute approximate surface area is 123 Å². The number of amides is 1. The molecule has 0 spiro atoms. The van der Waals surface area contributed by atoms with Gasteiger partial charge in [-0.2, -0.15) is 5.10 Å². The van der Waals surface area contributed by atoms with Crippen molar-refractivity contribution in [1.82, 2.24) is 19.1 Å². The lowest BCUT2D eigenvalue weighted by atomic mass is 10.2. The largest absolute Gasteiger partial charge is 0.342 e. The van der Waals surface area contributed by atoms with E-state index in [1.807, 2.05) is 68.1 Å². The summed E-state index contributed by atoms with van der Waals surface area (Å²) < 4.78 is 3.77. The molecule has 0 atom stereocenters. The molecule has 0 unspecified atom stereocenters. The van der Waals surface area contributed by atoms with E-state index in [1.54, 1.807) is 9.58 Å². The Hall–Kier alpha value is -2.56. The fourth-order valence-corrected chi connectivity index (χ4v) is 2.42. The Balaban J connectivity index is 2.21. The molecule has 21 heavy (non-hydrogen) atoms. The van der Waals surface area contributed by atoms with Gasteiger partial charge in [0.15, 0.2) is 0 Å². The maximum Gasteiger partial charge on any atom is 0.255 e. The molecule has 0 aromatic carbocycles. The van der Waals surface area contributed by atoms with Crippen molar-refractivity contribution in [3.8, 4) is 11.4 Å². The molecule has 3 aromatic rings. The summed E-state index contributed by atoms with van der Waals surface area (Å²) >= 11 is 0. The van der Waals surface area contributed by atoms with Gasteiger partial charge in [-0.05, 0) is 31.2 Å². The number of carbonyl (C=O) groups excluding carboxylic acids is 1. The molecule has 1 amide bonds. The van der Waals surface area contributed by atoms with Crippen LogP contribution in [-0.4, -0.2) is 38.6 Å². The van der Waals surface area contributed by atoms with Crippen LogP contribution in [0.15, 0.2) is 42.7 Å². The van der Waals surface area contributed by atoms with Crippen molar-refractivity contribution in [1.29, 1.82) is 0 Å². The molecular weight excluding hydrogens is 264 g/mol. The number of hydrogen-bond donors (Lipinski definition) is 0. The van der Waals surface area contributed by atoms with Gasteiger partial charge in [0.2, 0.25) is 0 Å². The maximum absolute atomic E-state index is 12.5. The van der Waals surface area contributed by atoms with Crippen molar-refractivity contribution in [3.05, 3.63) is 48.3 Å². The number of rotatable bonds is 3. The molecule has 0 bridgehead atoms. The molecule has 0 saturated carbocycles. The van der Waals surface area contributed by atoms with Gasteiger partial charge >= 0.3 is 0 Å². The second kappa shape index (κ2) is 5.09. The first-order valence-corrected chi connectivity index (χ1v) is 6.97. The van der Waals surface area contributed by atoms with Crippen LogP contribution in [0.2, 0.25) is 0 Å². The van der Waals surface area contributed by atoms with Gasteiger partial charge in [0.25, 0.3) is 5.91 Å². The highest BCUT2D eigenvalue weighted by molar-refractivity contribution is 6.02. The quantitative estimate of drug-likeness (QED) is 0.740. The second-order valence-corrected chi connectivity index (χ2v) is 5.09. The minimum Gasteiger partial charge on any atom is -0.342 e.